The third-order valence-electron chi connectivity index (χ3n) is 2.53. The normalized spacial score (nSPS) is 11.1. The van der Waals surface area contributed by atoms with Crippen molar-refractivity contribution in [1.82, 2.24) is 0 Å². The van der Waals surface area contributed by atoms with Gasteiger partial charge >= 0.3 is 5.97 Å². The maximum absolute atomic E-state index is 11.2. The first kappa shape index (κ1) is 12.9. The van der Waals surface area contributed by atoms with Crippen molar-refractivity contribution in [3.63, 3.8) is 0 Å². The topological polar surface area (TPSA) is 46.5 Å². The quantitative estimate of drug-likeness (QED) is 0.671. The second kappa shape index (κ2) is 5.87. The third-order valence-corrected chi connectivity index (χ3v) is 2.53. The van der Waals surface area contributed by atoms with Gasteiger partial charge in [-0.1, -0.05) is 42.5 Å². The SMILES string of the molecule is Cc1cccc(O/C(=C\c2ccccc2)C(=O)O)c1. The molecule has 2 rings (SSSR count). The van der Waals surface area contributed by atoms with Crippen molar-refractivity contribution in [2.45, 2.75) is 6.92 Å². The van der Waals surface area contributed by atoms with E-state index in [-0.39, 0.29) is 5.76 Å². The number of carbonyl (C=O) groups is 1. The summed E-state index contributed by atoms with van der Waals surface area (Å²) in [6, 6.07) is 16.5. The molecule has 0 saturated carbocycles. The largest absolute Gasteiger partial charge is 0.475 e. The van der Waals surface area contributed by atoms with Crippen LogP contribution in [0.3, 0.4) is 0 Å². The zero-order chi connectivity index (χ0) is 13.7. The van der Waals surface area contributed by atoms with Gasteiger partial charge in [-0.25, -0.2) is 4.79 Å². The zero-order valence-corrected chi connectivity index (χ0v) is 10.5. The fourth-order valence-corrected chi connectivity index (χ4v) is 1.64. The molecule has 0 atom stereocenters. The molecule has 0 aliphatic heterocycles. The highest BCUT2D eigenvalue weighted by atomic mass is 16.5. The zero-order valence-electron chi connectivity index (χ0n) is 10.5. The Balaban J connectivity index is 2.27. The molecule has 0 amide bonds. The molecule has 3 heteroatoms. The van der Waals surface area contributed by atoms with Crippen molar-refractivity contribution < 1.29 is 14.6 Å². The van der Waals surface area contributed by atoms with Crippen LogP contribution in [-0.4, -0.2) is 11.1 Å². The van der Waals surface area contributed by atoms with Gasteiger partial charge in [-0.2, -0.15) is 0 Å². The Morgan fingerprint density at radius 2 is 1.84 bits per heavy atom. The molecule has 0 aliphatic rings. The molecular weight excluding hydrogens is 240 g/mol. The highest BCUT2D eigenvalue weighted by Gasteiger charge is 2.10. The first-order valence-corrected chi connectivity index (χ1v) is 5.90. The number of carboxylic acid groups (broad SMARTS) is 1. The summed E-state index contributed by atoms with van der Waals surface area (Å²) in [5, 5.41) is 9.17. The van der Waals surface area contributed by atoms with Crippen LogP contribution in [0.15, 0.2) is 60.4 Å². The lowest BCUT2D eigenvalue weighted by Gasteiger charge is -2.07. The van der Waals surface area contributed by atoms with Crippen molar-refractivity contribution in [2.75, 3.05) is 0 Å². The molecular formula is C16H14O3. The van der Waals surface area contributed by atoms with Gasteiger partial charge in [0.05, 0.1) is 0 Å². The molecule has 0 aliphatic carbocycles. The third kappa shape index (κ3) is 3.71. The molecule has 0 bridgehead atoms. The number of ether oxygens (including phenoxy) is 1. The Hall–Kier alpha value is -2.55. The minimum atomic E-state index is -1.09. The van der Waals surface area contributed by atoms with E-state index in [9.17, 15) is 9.90 Å². The summed E-state index contributed by atoms with van der Waals surface area (Å²) >= 11 is 0. The molecule has 0 fully saturated rings. The van der Waals surface area contributed by atoms with Crippen LogP contribution >= 0.6 is 0 Å². The van der Waals surface area contributed by atoms with E-state index in [0.717, 1.165) is 11.1 Å². The van der Waals surface area contributed by atoms with Gasteiger partial charge in [0.25, 0.3) is 0 Å². The Labute approximate surface area is 111 Å². The molecule has 19 heavy (non-hydrogen) atoms. The summed E-state index contributed by atoms with van der Waals surface area (Å²) in [6.45, 7) is 1.92. The van der Waals surface area contributed by atoms with E-state index >= 15 is 0 Å². The molecule has 0 heterocycles. The van der Waals surface area contributed by atoms with Gasteiger partial charge in [0, 0.05) is 0 Å². The summed E-state index contributed by atoms with van der Waals surface area (Å²) in [6.07, 6.45) is 1.50. The lowest BCUT2D eigenvalue weighted by molar-refractivity contribution is -0.134. The van der Waals surface area contributed by atoms with Crippen molar-refractivity contribution in [3.8, 4) is 5.75 Å². The number of carboxylic acids is 1. The van der Waals surface area contributed by atoms with Crippen LogP contribution in [0, 0.1) is 6.92 Å². The van der Waals surface area contributed by atoms with Gasteiger partial charge in [-0.05, 0) is 36.3 Å². The number of rotatable bonds is 4. The van der Waals surface area contributed by atoms with Crippen molar-refractivity contribution in [1.29, 1.82) is 0 Å². The van der Waals surface area contributed by atoms with Gasteiger partial charge in [0.2, 0.25) is 5.76 Å². The summed E-state index contributed by atoms with van der Waals surface area (Å²) < 4.78 is 5.42. The van der Waals surface area contributed by atoms with Gasteiger partial charge in [0.1, 0.15) is 5.75 Å². The highest BCUT2D eigenvalue weighted by molar-refractivity contribution is 5.90. The Morgan fingerprint density at radius 3 is 2.47 bits per heavy atom. The molecule has 3 nitrogen and oxygen atoms in total. The van der Waals surface area contributed by atoms with Crippen LogP contribution in [0.1, 0.15) is 11.1 Å². The maximum atomic E-state index is 11.2. The molecule has 0 saturated heterocycles. The molecule has 2 aromatic rings. The fraction of sp³-hybridized carbons (Fsp3) is 0.0625. The van der Waals surface area contributed by atoms with E-state index in [1.54, 1.807) is 12.1 Å². The van der Waals surface area contributed by atoms with E-state index in [0.29, 0.717) is 5.75 Å². The van der Waals surface area contributed by atoms with E-state index < -0.39 is 5.97 Å². The average molecular weight is 254 g/mol. The van der Waals surface area contributed by atoms with Crippen LogP contribution in [0.4, 0.5) is 0 Å². The van der Waals surface area contributed by atoms with Crippen LogP contribution < -0.4 is 4.74 Å². The lowest BCUT2D eigenvalue weighted by Crippen LogP contribution is -2.07. The molecule has 2 aromatic carbocycles. The van der Waals surface area contributed by atoms with Crippen LogP contribution in [0.5, 0.6) is 5.75 Å². The summed E-state index contributed by atoms with van der Waals surface area (Å²) in [5.41, 5.74) is 1.80. The number of benzene rings is 2. The van der Waals surface area contributed by atoms with Gasteiger partial charge in [0.15, 0.2) is 0 Å². The number of hydrogen-bond donors (Lipinski definition) is 1. The fourth-order valence-electron chi connectivity index (χ4n) is 1.64. The Morgan fingerprint density at radius 1 is 1.11 bits per heavy atom. The molecule has 96 valence electrons. The highest BCUT2D eigenvalue weighted by Crippen LogP contribution is 2.17. The monoisotopic (exact) mass is 254 g/mol. The maximum Gasteiger partial charge on any atom is 0.371 e. The van der Waals surface area contributed by atoms with Crippen molar-refractivity contribution in [3.05, 3.63) is 71.5 Å². The summed E-state index contributed by atoms with van der Waals surface area (Å²) in [5.74, 6) is -0.674. The molecule has 0 unspecified atom stereocenters. The molecule has 0 aromatic heterocycles. The summed E-state index contributed by atoms with van der Waals surface area (Å²) in [4.78, 5) is 11.2. The predicted octanol–water partition coefficient (Wildman–Crippen LogP) is 3.50. The van der Waals surface area contributed by atoms with E-state index in [2.05, 4.69) is 0 Å². The van der Waals surface area contributed by atoms with Crippen LogP contribution in [-0.2, 0) is 4.79 Å². The number of aryl methyl sites for hydroxylation is 1. The predicted molar refractivity (Wildman–Crippen MR) is 73.9 cm³/mol. The molecule has 0 radical (unpaired) electrons. The molecule has 1 N–H and O–H groups in total. The Kier molecular flexibility index (Phi) is 3.98. The minimum absolute atomic E-state index is 0.100. The number of aliphatic carboxylic acids is 1. The second-order valence-corrected chi connectivity index (χ2v) is 4.14. The second-order valence-electron chi connectivity index (χ2n) is 4.14. The van der Waals surface area contributed by atoms with Crippen molar-refractivity contribution >= 4 is 12.0 Å². The van der Waals surface area contributed by atoms with E-state index in [1.165, 1.54) is 6.08 Å². The number of hydrogen-bond acceptors (Lipinski definition) is 2. The van der Waals surface area contributed by atoms with Gasteiger partial charge < -0.3 is 9.84 Å². The summed E-state index contributed by atoms with van der Waals surface area (Å²) in [7, 11) is 0. The van der Waals surface area contributed by atoms with Gasteiger partial charge in [-0.15, -0.1) is 0 Å². The standard InChI is InChI=1S/C16H14O3/c1-12-6-5-9-14(10-12)19-15(16(17)18)11-13-7-3-2-4-8-13/h2-11H,1H3,(H,17,18)/b15-11-. The Bertz CT molecular complexity index is 600. The van der Waals surface area contributed by atoms with Crippen molar-refractivity contribution in [2.24, 2.45) is 0 Å². The van der Waals surface area contributed by atoms with Crippen LogP contribution in [0.2, 0.25) is 0 Å². The lowest BCUT2D eigenvalue weighted by atomic mass is 10.2. The van der Waals surface area contributed by atoms with E-state index in [1.807, 2.05) is 49.4 Å². The molecule has 0 spiro atoms. The first-order chi connectivity index (χ1) is 9.15. The average Bonchev–Trinajstić information content (AvgIpc) is 2.39. The first-order valence-electron chi connectivity index (χ1n) is 5.90. The van der Waals surface area contributed by atoms with Crippen LogP contribution in [0.25, 0.3) is 6.08 Å². The van der Waals surface area contributed by atoms with Gasteiger partial charge in [-0.3, -0.25) is 0 Å². The minimum Gasteiger partial charge on any atom is -0.475 e. The van der Waals surface area contributed by atoms with E-state index in [4.69, 9.17) is 4.74 Å². The smallest absolute Gasteiger partial charge is 0.371 e.